The molecule has 0 aromatic rings. The number of nitrogens with zero attached hydrogens (tertiary/aromatic N) is 2. The summed E-state index contributed by atoms with van der Waals surface area (Å²) in [5.74, 6) is 0.372. The number of ether oxygens (including phenoxy) is 3. The van der Waals surface area contributed by atoms with Gasteiger partial charge in [-0.15, -0.1) is 0 Å². The average molecular weight is 491 g/mol. The van der Waals surface area contributed by atoms with E-state index in [2.05, 4.69) is 0 Å². The van der Waals surface area contributed by atoms with Crippen molar-refractivity contribution >= 4 is 17.6 Å². The Hall–Kier alpha value is -2.35. The van der Waals surface area contributed by atoms with Crippen LogP contribution in [-0.2, 0) is 28.6 Å². The quantitative estimate of drug-likeness (QED) is 0.435. The minimum atomic E-state index is -0.718. The van der Waals surface area contributed by atoms with Gasteiger partial charge in [-0.2, -0.15) is 0 Å². The zero-order valence-electron chi connectivity index (χ0n) is 22.2. The first-order valence-corrected chi connectivity index (χ1v) is 12.9. The van der Waals surface area contributed by atoms with Gasteiger partial charge in [0.1, 0.15) is 6.04 Å². The van der Waals surface area contributed by atoms with Crippen molar-refractivity contribution in [3.05, 3.63) is 23.7 Å². The molecule has 2 fully saturated rings. The van der Waals surface area contributed by atoms with Crippen LogP contribution < -0.4 is 0 Å². The molecule has 2 bridgehead atoms. The van der Waals surface area contributed by atoms with Crippen LogP contribution in [0.2, 0.25) is 0 Å². The lowest BCUT2D eigenvalue weighted by Gasteiger charge is -2.40. The number of ketones is 1. The fourth-order valence-electron chi connectivity index (χ4n) is 5.54. The molecule has 3 aliphatic rings. The highest BCUT2D eigenvalue weighted by Crippen LogP contribution is 2.33. The van der Waals surface area contributed by atoms with E-state index in [-0.39, 0.29) is 17.7 Å². The van der Waals surface area contributed by atoms with E-state index in [1.54, 1.807) is 19.1 Å². The maximum atomic E-state index is 13.5. The van der Waals surface area contributed by atoms with Gasteiger partial charge in [0.05, 0.1) is 26.4 Å². The number of fused-ring (bicyclic) bond motifs is 2. The Labute approximate surface area is 209 Å². The molecule has 0 aromatic carbocycles. The van der Waals surface area contributed by atoms with Crippen molar-refractivity contribution in [3.8, 4) is 0 Å². The maximum Gasteiger partial charge on any atom is 0.291 e. The second-order valence-corrected chi connectivity index (χ2v) is 10.7. The molecule has 0 aromatic heterocycles. The van der Waals surface area contributed by atoms with Gasteiger partial charge in [-0.05, 0) is 51.2 Å². The molecule has 3 atom stereocenters. The number of carbonyl (C=O) groups excluding carboxylic acids is 3. The molecule has 35 heavy (non-hydrogen) atoms. The van der Waals surface area contributed by atoms with Crippen LogP contribution in [0.1, 0.15) is 72.6 Å². The summed E-state index contributed by atoms with van der Waals surface area (Å²) < 4.78 is 17.0. The molecule has 8 nitrogen and oxygen atoms in total. The zero-order valence-corrected chi connectivity index (χ0v) is 22.2. The molecule has 2 saturated heterocycles. The summed E-state index contributed by atoms with van der Waals surface area (Å²) in [4.78, 5) is 43.4. The number of Topliss-reactive ketones (excluding diaryl/α,β-unsaturated/α-hetero) is 1. The summed E-state index contributed by atoms with van der Waals surface area (Å²) in [6, 6.07) is -0.638. The Balaban J connectivity index is 1.67. The first kappa shape index (κ1) is 27.2. The lowest BCUT2D eigenvalue weighted by Crippen LogP contribution is -2.57. The van der Waals surface area contributed by atoms with E-state index in [0.717, 1.165) is 19.3 Å². The monoisotopic (exact) mass is 490 g/mol. The Bertz CT molecular complexity index is 879. The van der Waals surface area contributed by atoms with Crippen molar-refractivity contribution in [2.24, 2.45) is 5.41 Å². The lowest BCUT2D eigenvalue weighted by molar-refractivity contribution is -0.157. The summed E-state index contributed by atoms with van der Waals surface area (Å²) in [6.45, 7) is 9.01. The van der Waals surface area contributed by atoms with E-state index in [4.69, 9.17) is 14.2 Å². The molecule has 0 N–H and O–H groups in total. The number of carbonyl (C=O) groups is 3. The molecular weight excluding hydrogens is 448 g/mol. The van der Waals surface area contributed by atoms with Crippen molar-refractivity contribution in [1.29, 1.82) is 0 Å². The summed E-state index contributed by atoms with van der Waals surface area (Å²) >= 11 is 0. The Morgan fingerprint density at radius 1 is 1.14 bits per heavy atom. The molecule has 1 aliphatic carbocycles. The number of rotatable bonds is 10. The number of hydrogen-bond acceptors (Lipinski definition) is 6. The molecule has 0 spiro atoms. The van der Waals surface area contributed by atoms with Gasteiger partial charge < -0.3 is 24.0 Å². The highest BCUT2D eigenvalue weighted by molar-refractivity contribution is 6.38. The summed E-state index contributed by atoms with van der Waals surface area (Å²) in [5, 5.41) is 0. The van der Waals surface area contributed by atoms with Crippen LogP contribution in [-0.4, -0.2) is 79.0 Å². The van der Waals surface area contributed by atoms with E-state index in [9.17, 15) is 14.4 Å². The second kappa shape index (κ2) is 11.1. The number of hydrogen-bond donors (Lipinski definition) is 0. The normalized spacial score (nSPS) is 27.1. The average Bonchev–Trinajstić information content (AvgIpc) is 2.90. The fourth-order valence-corrected chi connectivity index (χ4v) is 5.54. The number of amides is 2. The SMILES string of the molecule is CCCC(C)(C)C(=O)C(=O)N1C2CCCC1C(=O)N(CCOC1(C)C=C(OC)C(OC)=CC1)CC2. The second-order valence-electron chi connectivity index (χ2n) is 10.7. The lowest BCUT2D eigenvalue weighted by atomic mass is 9.82. The molecule has 2 heterocycles. The van der Waals surface area contributed by atoms with Crippen LogP contribution in [0, 0.1) is 5.41 Å². The molecule has 8 heteroatoms. The first-order chi connectivity index (χ1) is 16.6. The third-order valence-corrected chi connectivity index (χ3v) is 7.60. The highest BCUT2D eigenvalue weighted by atomic mass is 16.5. The van der Waals surface area contributed by atoms with E-state index in [0.29, 0.717) is 56.9 Å². The maximum absolute atomic E-state index is 13.5. The molecule has 3 rings (SSSR count). The molecular formula is C27H42N2O6. The van der Waals surface area contributed by atoms with Crippen molar-refractivity contribution in [2.75, 3.05) is 33.9 Å². The molecule has 2 amide bonds. The van der Waals surface area contributed by atoms with Crippen LogP contribution >= 0.6 is 0 Å². The smallest absolute Gasteiger partial charge is 0.291 e. The van der Waals surface area contributed by atoms with Crippen molar-refractivity contribution in [3.63, 3.8) is 0 Å². The van der Waals surface area contributed by atoms with Crippen LogP contribution in [0.5, 0.6) is 0 Å². The van der Waals surface area contributed by atoms with Gasteiger partial charge in [0, 0.05) is 31.0 Å². The van der Waals surface area contributed by atoms with Gasteiger partial charge >= 0.3 is 0 Å². The molecule has 0 radical (unpaired) electrons. The Kier molecular flexibility index (Phi) is 8.67. The van der Waals surface area contributed by atoms with E-state index < -0.39 is 23.0 Å². The first-order valence-electron chi connectivity index (χ1n) is 12.9. The molecule has 3 unspecified atom stereocenters. The summed E-state index contributed by atoms with van der Waals surface area (Å²) in [7, 11) is 3.20. The van der Waals surface area contributed by atoms with Gasteiger partial charge in [0.15, 0.2) is 11.5 Å². The zero-order chi connectivity index (χ0) is 25.8. The van der Waals surface area contributed by atoms with Gasteiger partial charge in [-0.25, -0.2) is 0 Å². The predicted octanol–water partition coefficient (Wildman–Crippen LogP) is 3.60. The van der Waals surface area contributed by atoms with E-state index >= 15 is 0 Å². The summed E-state index contributed by atoms with van der Waals surface area (Å²) in [6.07, 6.45) is 8.97. The van der Waals surface area contributed by atoms with E-state index in [1.165, 1.54) is 0 Å². The highest BCUT2D eigenvalue weighted by Gasteiger charge is 2.46. The van der Waals surface area contributed by atoms with Gasteiger partial charge in [-0.1, -0.05) is 27.2 Å². The molecule has 0 saturated carbocycles. The van der Waals surface area contributed by atoms with Gasteiger partial charge in [-0.3, -0.25) is 14.4 Å². The van der Waals surface area contributed by atoms with Crippen LogP contribution in [0.3, 0.4) is 0 Å². The minimum Gasteiger partial charge on any atom is -0.493 e. The topological polar surface area (TPSA) is 85.4 Å². The Morgan fingerprint density at radius 2 is 1.86 bits per heavy atom. The van der Waals surface area contributed by atoms with Crippen molar-refractivity contribution in [1.82, 2.24) is 9.80 Å². The molecule has 2 aliphatic heterocycles. The largest absolute Gasteiger partial charge is 0.493 e. The van der Waals surface area contributed by atoms with Gasteiger partial charge in [0.25, 0.3) is 5.91 Å². The minimum absolute atomic E-state index is 0.0712. The van der Waals surface area contributed by atoms with Crippen molar-refractivity contribution < 1.29 is 28.6 Å². The number of piperidine rings is 1. The molecule has 196 valence electrons. The fraction of sp³-hybridized carbons (Fsp3) is 0.741. The van der Waals surface area contributed by atoms with Crippen molar-refractivity contribution in [2.45, 2.75) is 90.3 Å². The van der Waals surface area contributed by atoms with Crippen LogP contribution in [0.25, 0.3) is 0 Å². The van der Waals surface area contributed by atoms with Crippen LogP contribution in [0.4, 0.5) is 0 Å². The third-order valence-electron chi connectivity index (χ3n) is 7.60. The van der Waals surface area contributed by atoms with E-state index in [1.807, 2.05) is 44.7 Å². The summed E-state index contributed by atoms with van der Waals surface area (Å²) in [5.41, 5.74) is -1.28. The van der Waals surface area contributed by atoms with Gasteiger partial charge in [0.2, 0.25) is 11.7 Å². The predicted molar refractivity (Wildman–Crippen MR) is 132 cm³/mol. The third kappa shape index (κ3) is 5.90. The Morgan fingerprint density at radius 3 is 2.51 bits per heavy atom. The van der Waals surface area contributed by atoms with Crippen LogP contribution in [0.15, 0.2) is 23.7 Å². The number of methoxy groups -OCH3 is 2. The standard InChI is InChI=1S/C27H42N2O6/c1-7-13-26(2,3)23(30)25(32)29-19-9-8-10-20(29)24(31)28(15-12-19)16-17-35-27(4)14-11-21(33-5)22(18-27)34-6/h11,18-20H,7-10,12-17H2,1-6H3.